The van der Waals surface area contributed by atoms with Crippen LogP contribution in [0.25, 0.3) is 0 Å². The topological polar surface area (TPSA) is 67.8 Å². The minimum Gasteiger partial charge on any atom is -0.497 e. The Morgan fingerprint density at radius 2 is 1.96 bits per heavy atom. The smallest absolute Gasteiger partial charge is 0.218 e. The van der Waals surface area contributed by atoms with Crippen molar-refractivity contribution in [3.05, 3.63) is 53.7 Å². The summed E-state index contributed by atoms with van der Waals surface area (Å²) in [6.45, 7) is 3.94. The molecule has 1 heterocycles. The van der Waals surface area contributed by atoms with Gasteiger partial charge in [0.05, 0.1) is 13.7 Å². The van der Waals surface area contributed by atoms with E-state index >= 15 is 0 Å². The summed E-state index contributed by atoms with van der Waals surface area (Å²) in [5.41, 5.74) is 2.25. The van der Waals surface area contributed by atoms with Crippen molar-refractivity contribution in [2.75, 3.05) is 27.3 Å². The van der Waals surface area contributed by atoms with E-state index in [2.05, 4.69) is 32.7 Å². The number of hydrogen-bond donors (Lipinski definition) is 2. The van der Waals surface area contributed by atoms with Crippen LogP contribution < -0.4 is 20.1 Å². The molecule has 1 aromatic heterocycles. The van der Waals surface area contributed by atoms with Crippen LogP contribution in [0.5, 0.6) is 11.6 Å². The maximum Gasteiger partial charge on any atom is 0.218 e. The van der Waals surface area contributed by atoms with Gasteiger partial charge in [-0.05, 0) is 37.1 Å². The molecule has 2 N–H and O–H groups in total. The SMILES string of the molecule is CCOc1ncccc1CNC(=NC)NCCc1ccc(OC)cc1. The normalized spacial score (nSPS) is 11.1. The molecule has 1 aromatic carbocycles. The van der Waals surface area contributed by atoms with Gasteiger partial charge in [-0.25, -0.2) is 4.98 Å². The quantitative estimate of drug-likeness (QED) is 0.569. The van der Waals surface area contributed by atoms with Gasteiger partial charge in [-0.1, -0.05) is 18.2 Å². The molecule has 6 nitrogen and oxygen atoms in total. The first-order chi connectivity index (χ1) is 12.3. The molecular weight excluding hydrogens is 316 g/mol. The van der Waals surface area contributed by atoms with Gasteiger partial charge >= 0.3 is 0 Å². The van der Waals surface area contributed by atoms with Gasteiger partial charge in [-0.15, -0.1) is 0 Å². The van der Waals surface area contributed by atoms with Gasteiger partial charge in [-0.3, -0.25) is 4.99 Å². The average Bonchev–Trinajstić information content (AvgIpc) is 2.66. The number of hydrogen-bond acceptors (Lipinski definition) is 4. The number of benzene rings is 1. The standard InChI is InChI=1S/C19H26N4O2/c1-4-25-18-16(6-5-12-21-18)14-23-19(20-2)22-13-11-15-7-9-17(24-3)10-8-15/h5-10,12H,4,11,13-14H2,1-3H3,(H2,20,22,23). The minimum atomic E-state index is 0.596. The highest BCUT2D eigenvalue weighted by molar-refractivity contribution is 5.79. The first-order valence-electron chi connectivity index (χ1n) is 8.41. The van der Waals surface area contributed by atoms with Crippen molar-refractivity contribution in [2.45, 2.75) is 19.9 Å². The van der Waals surface area contributed by atoms with Crippen molar-refractivity contribution in [3.8, 4) is 11.6 Å². The van der Waals surface area contributed by atoms with Crippen molar-refractivity contribution < 1.29 is 9.47 Å². The molecule has 0 radical (unpaired) electrons. The molecule has 2 aromatic rings. The lowest BCUT2D eigenvalue weighted by Gasteiger charge is -2.13. The van der Waals surface area contributed by atoms with E-state index in [9.17, 15) is 0 Å². The first-order valence-corrected chi connectivity index (χ1v) is 8.41. The number of aromatic nitrogens is 1. The Hall–Kier alpha value is -2.76. The maximum absolute atomic E-state index is 5.54. The second kappa shape index (κ2) is 10.2. The number of nitrogens with zero attached hydrogens (tertiary/aromatic N) is 2. The molecule has 0 atom stereocenters. The van der Waals surface area contributed by atoms with Crippen LogP contribution in [0.15, 0.2) is 47.6 Å². The fraction of sp³-hybridized carbons (Fsp3) is 0.368. The molecular formula is C19H26N4O2. The van der Waals surface area contributed by atoms with Crippen LogP contribution in [-0.4, -0.2) is 38.3 Å². The zero-order chi connectivity index (χ0) is 17.9. The molecule has 0 aliphatic rings. The monoisotopic (exact) mass is 342 g/mol. The molecule has 6 heteroatoms. The van der Waals surface area contributed by atoms with Crippen LogP contribution in [0, 0.1) is 0 Å². The second-order valence-electron chi connectivity index (χ2n) is 5.35. The van der Waals surface area contributed by atoms with Crippen molar-refractivity contribution in [3.63, 3.8) is 0 Å². The number of guanidine groups is 1. The number of pyridine rings is 1. The summed E-state index contributed by atoms with van der Waals surface area (Å²) in [6, 6.07) is 12.0. The molecule has 25 heavy (non-hydrogen) atoms. The highest BCUT2D eigenvalue weighted by Crippen LogP contribution is 2.13. The van der Waals surface area contributed by atoms with Crippen LogP contribution >= 0.6 is 0 Å². The van der Waals surface area contributed by atoms with Gasteiger partial charge in [-0.2, -0.15) is 0 Å². The lowest BCUT2D eigenvalue weighted by atomic mass is 10.1. The third-order valence-corrected chi connectivity index (χ3v) is 3.67. The number of nitrogens with one attached hydrogen (secondary N) is 2. The number of rotatable bonds is 8. The summed E-state index contributed by atoms with van der Waals surface area (Å²) in [5.74, 6) is 2.28. The van der Waals surface area contributed by atoms with Crippen molar-refractivity contribution in [2.24, 2.45) is 4.99 Å². The van der Waals surface area contributed by atoms with E-state index in [1.165, 1.54) is 5.56 Å². The number of ether oxygens (including phenoxy) is 2. The lowest BCUT2D eigenvalue weighted by Crippen LogP contribution is -2.38. The molecule has 0 unspecified atom stereocenters. The minimum absolute atomic E-state index is 0.596. The molecule has 0 spiro atoms. The maximum atomic E-state index is 5.54. The molecule has 0 saturated heterocycles. The highest BCUT2D eigenvalue weighted by atomic mass is 16.5. The zero-order valence-corrected chi connectivity index (χ0v) is 15.1. The highest BCUT2D eigenvalue weighted by Gasteiger charge is 2.05. The molecule has 0 saturated carbocycles. The lowest BCUT2D eigenvalue weighted by molar-refractivity contribution is 0.322. The Bertz CT molecular complexity index is 671. The van der Waals surface area contributed by atoms with Crippen LogP contribution in [0.2, 0.25) is 0 Å². The van der Waals surface area contributed by atoms with Crippen molar-refractivity contribution in [1.82, 2.24) is 15.6 Å². The van der Waals surface area contributed by atoms with Gasteiger partial charge < -0.3 is 20.1 Å². The molecule has 0 amide bonds. The van der Waals surface area contributed by atoms with Gasteiger partial charge in [0, 0.05) is 31.9 Å². The van der Waals surface area contributed by atoms with Crippen LogP contribution in [0.1, 0.15) is 18.1 Å². The average molecular weight is 342 g/mol. The van der Waals surface area contributed by atoms with Gasteiger partial charge in [0.2, 0.25) is 5.88 Å². The van der Waals surface area contributed by atoms with Crippen molar-refractivity contribution in [1.29, 1.82) is 0 Å². The molecule has 0 aliphatic heterocycles. The van der Waals surface area contributed by atoms with E-state index < -0.39 is 0 Å². The summed E-state index contributed by atoms with van der Waals surface area (Å²) in [6.07, 6.45) is 2.64. The Labute approximate surface area is 149 Å². The zero-order valence-electron chi connectivity index (χ0n) is 15.1. The summed E-state index contributed by atoms with van der Waals surface area (Å²) < 4.78 is 10.7. The summed E-state index contributed by atoms with van der Waals surface area (Å²) in [5, 5.41) is 6.60. The van der Waals surface area contributed by atoms with E-state index in [0.717, 1.165) is 30.2 Å². The van der Waals surface area contributed by atoms with Gasteiger partial charge in [0.15, 0.2) is 5.96 Å². The summed E-state index contributed by atoms with van der Waals surface area (Å²) in [4.78, 5) is 8.51. The number of methoxy groups -OCH3 is 1. The van der Waals surface area contributed by atoms with Crippen LogP contribution in [0.3, 0.4) is 0 Å². The third kappa shape index (κ3) is 5.99. The predicted molar refractivity (Wildman–Crippen MR) is 100 cm³/mol. The largest absolute Gasteiger partial charge is 0.497 e. The van der Waals surface area contributed by atoms with Crippen LogP contribution in [-0.2, 0) is 13.0 Å². The predicted octanol–water partition coefficient (Wildman–Crippen LogP) is 2.40. The van der Waals surface area contributed by atoms with E-state index in [-0.39, 0.29) is 0 Å². The van der Waals surface area contributed by atoms with Crippen molar-refractivity contribution >= 4 is 5.96 Å². The summed E-state index contributed by atoms with van der Waals surface area (Å²) >= 11 is 0. The molecule has 0 aliphatic carbocycles. The fourth-order valence-corrected chi connectivity index (χ4v) is 2.34. The Morgan fingerprint density at radius 3 is 2.64 bits per heavy atom. The first kappa shape index (κ1) is 18.6. The van der Waals surface area contributed by atoms with E-state index in [1.807, 2.05) is 31.2 Å². The molecule has 0 bridgehead atoms. The van der Waals surface area contributed by atoms with Crippen LogP contribution in [0.4, 0.5) is 0 Å². The second-order valence-corrected chi connectivity index (χ2v) is 5.35. The molecule has 0 fully saturated rings. The fourth-order valence-electron chi connectivity index (χ4n) is 2.34. The number of aliphatic imine (C=N–C) groups is 1. The van der Waals surface area contributed by atoms with E-state index in [4.69, 9.17) is 9.47 Å². The van der Waals surface area contributed by atoms with Gasteiger partial charge in [0.25, 0.3) is 0 Å². The Kier molecular flexibility index (Phi) is 7.56. The molecule has 134 valence electrons. The Balaban J connectivity index is 1.80. The van der Waals surface area contributed by atoms with E-state index in [1.54, 1.807) is 20.4 Å². The Morgan fingerprint density at radius 1 is 1.16 bits per heavy atom. The van der Waals surface area contributed by atoms with E-state index in [0.29, 0.717) is 19.0 Å². The third-order valence-electron chi connectivity index (χ3n) is 3.67. The summed E-state index contributed by atoms with van der Waals surface area (Å²) in [7, 11) is 3.43. The molecule has 2 rings (SSSR count). The van der Waals surface area contributed by atoms with Gasteiger partial charge in [0.1, 0.15) is 5.75 Å².